The van der Waals surface area contributed by atoms with Gasteiger partial charge in [0.1, 0.15) is 6.07 Å². The van der Waals surface area contributed by atoms with E-state index in [2.05, 4.69) is 26.7 Å². The van der Waals surface area contributed by atoms with E-state index in [0.717, 1.165) is 5.69 Å². The third-order valence-electron chi connectivity index (χ3n) is 2.85. The minimum Gasteiger partial charge on any atom is -0.476 e. The van der Waals surface area contributed by atoms with Gasteiger partial charge in [0.05, 0.1) is 29.7 Å². The molecule has 8 nitrogen and oxygen atoms in total. The summed E-state index contributed by atoms with van der Waals surface area (Å²) in [6.07, 6.45) is 1.36. The molecule has 2 aromatic rings. The number of nitrogens with one attached hydrogen (secondary N) is 1. The molecule has 0 radical (unpaired) electrons. The van der Waals surface area contributed by atoms with E-state index in [1.165, 1.54) is 10.9 Å². The number of nitrogens with zero attached hydrogens (tertiary/aromatic N) is 5. The maximum absolute atomic E-state index is 10.7. The number of hydrogen-bond acceptors (Lipinski definition) is 6. The van der Waals surface area contributed by atoms with E-state index in [9.17, 15) is 4.79 Å². The van der Waals surface area contributed by atoms with Crippen molar-refractivity contribution in [3.8, 4) is 6.07 Å². The molecule has 0 fully saturated rings. The number of aromatic carboxylic acids is 1. The third kappa shape index (κ3) is 3.33. The molecule has 2 heterocycles. The van der Waals surface area contributed by atoms with E-state index >= 15 is 0 Å². The van der Waals surface area contributed by atoms with Gasteiger partial charge < -0.3 is 10.4 Å². The first-order valence-corrected chi connectivity index (χ1v) is 6.27. The molecule has 0 aliphatic carbocycles. The minimum absolute atomic E-state index is 0.0942. The van der Waals surface area contributed by atoms with Crippen molar-refractivity contribution in [3.63, 3.8) is 0 Å². The zero-order valence-electron chi connectivity index (χ0n) is 11.7. The second-order valence-electron chi connectivity index (χ2n) is 4.48. The molecule has 2 rings (SSSR count). The maximum Gasteiger partial charge on any atom is 0.358 e. The molecule has 0 bridgehead atoms. The van der Waals surface area contributed by atoms with Crippen LogP contribution < -0.4 is 5.32 Å². The van der Waals surface area contributed by atoms with Crippen LogP contribution in [0.5, 0.6) is 0 Å². The normalized spacial score (nSPS) is 10.1. The molecule has 0 unspecified atom stereocenters. The molecule has 0 saturated heterocycles. The fourth-order valence-corrected chi connectivity index (χ4v) is 1.92. The van der Waals surface area contributed by atoms with Crippen LogP contribution in [0, 0.1) is 25.2 Å². The van der Waals surface area contributed by atoms with Crippen LogP contribution in [0.3, 0.4) is 0 Å². The van der Waals surface area contributed by atoms with Crippen LogP contribution in [0.2, 0.25) is 0 Å². The van der Waals surface area contributed by atoms with E-state index in [1.54, 1.807) is 13.0 Å². The van der Waals surface area contributed by atoms with E-state index in [0.29, 0.717) is 30.0 Å². The van der Waals surface area contributed by atoms with Crippen molar-refractivity contribution < 1.29 is 9.90 Å². The monoisotopic (exact) mass is 286 g/mol. The van der Waals surface area contributed by atoms with E-state index in [1.807, 2.05) is 6.92 Å². The van der Waals surface area contributed by atoms with E-state index in [4.69, 9.17) is 10.4 Å². The van der Waals surface area contributed by atoms with Crippen molar-refractivity contribution in [1.29, 1.82) is 5.26 Å². The lowest BCUT2D eigenvalue weighted by atomic mass is 10.1. The summed E-state index contributed by atoms with van der Waals surface area (Å²) in [5.74, 6) is -1.11. The number of hydrogen-bond donors (Lipinski definition) is 2. The Hall–Kier alpha value is -2.95. The summed E-state index contributed by atoms with van der Waals surface area (Å²) in [5, 5.41) is 28.3. The molecular weight excluding hydrogens is 272 g/mol. The summed E-state index contributed by atoms with van der Waals surface area (Å²) in [5.41, 5.74) is 2.62. The summed E-state index contributed by atoms with van der Waals surface area (Å²) in [6, 6.07) is 3.92. The molecular formula is C13H14N6O2. The van der Waals surface area contributed by atoms with Crippen molar-refractivity contribution in [2.24, 2.45) is 0 Å². The number of rotatable bonds is 5. The van der Waals surface area contributed by atoms with Gasteiger partial charge >= 0.3 is 5.97 Å². The Morgan fingerprint density at radius 2 is 2.29 bits per heavy atom. The Morgan fingerprint density at radius 1 is 1.52 bits per heavy atom. The molecule has 0 saturated carbocycles. The van der Waals surface area contributed by atoms with Crippen molar-refractivity contribution in [2.45, 2.75) is 20.4 Å². The Kier molecular flexibility index (Phi) is 4.13. The van der Waals surface area contributed by atoms with Crippen molar-refractivity contribution in [2.75, 3.05) is 11.9 Å². The number of aromatic nitrogens is 4. The van der Waals surface area contributed by atoms with Crippen molar-refractivity contribution >= 4 is 11.7 Å². The highest BCUT2D eigenvalue weighted by Gasteiger charge is 2.09. The highest BCUT2D eigenvalue weighted by atomic mass is 16.4. The van der Waals surface area contributed by atoms with Crippen LogP contribution in [0.25, 0.3) is 0 Å². The number of pyridine rings is 1. The lowest BCUT2D eigenvalue weighted by Crippen LogP contribution is -2.12. The van der Waals surface area contributed by atoms with Gasteiger partial charge in [-0.2, -0.15) is 5.26 Å². The first-order chi connectivity index (χ1) is 10.0. The van der Waals surface area contributed by atoms with Crippen LogP contribution in [-0.4, -0.2) is 37.6 Å². The Balaban J connectivity index is 2.03. The average Bonchev–Trinajstić information content (AvgIpc) is 2.87. The van der Waals surface area contributed by atoms with E-state index in [-0.39, 0.29) is 5.69 Å². The smallest absolute Gasteiger partial charge is 0.358 e. The molecule has 0 atom stereocenters. The van der Waals surface area contributed by atoms with Gasteiger partial charge in [0.25, 0.3) is 0 Å². The Labute approximate surface area is 121 Å². The van der Waals surface area contributed by atoms with Gasteiger partial charge in [-0.05, 0) is 19.9 Å². The van der Waals surface area contributed by atoms with Crippen LogP contribution in [-0.2, 0) is 6.54 Å². The van der Waals surface area contributed by atoms with E-state index < -0.39 is 5.97 Å². The van der Waals surface area contributed by atoms with Crippen LogP contribution in [0.15, 0.2) is 12.3 Å². The summed E-state index contributed by atoms with van der Waals surface area (Å²) >= 11 is 0. The van der Waals surface area contributed by atoms with Crippen LogP contribution in [0.1, 0.15) is 27.4 Å². The number of carbonyl (C=O) groups is 1. The fourth-order valence-electron chi connectivity index (χ4n) is 1.92. The number of carboxylic acids is 1. The average molecular weight is 286 g/mol. The summed E-state index contributed by atoms with van der Waals surface area (Å²) < 4.78 is 1.43. The predicted molar refractivity (Wildman–Crippen MR) is 73.9 cm³/mol. The van der Waals surface area contributed by atoms with Gasteiger partial charge in [0.2, 0.25) is 0 Å². The maximum atomic E-state index is 10.7. The Bertz CT molecular complexity index is 716. The van der Waals surface area contributed by atoms with Crippen LogP contribution >= 0.6 is 0 Å². The minimum atomic E-state index is -1.11. The first kappa shape index (κ1) is 14.5. The molecule has 21 heavy (non-hydrogen) atoms. The topological polar surface area (TPSA) is 117 Å². The zero-order chi connectivity index (χ0) is 15.4. The highest BCUT2D eigenvalue weighted by molar-refractivity contribution is 5.84. The molecule has 0 aliphatic rings. The standard InChI is InChI=1S/C13H14N6O2/c1-8-5-11(10(6-14)9(2)16-8)15-3-4-19-7-12(13(20)21)17-18-19/h5,7H,3-4H2,1-2H3,(H,15,16)(H,20,21). The quantitative estimate of drug-likeness (QED) is 0.841. The van der Waals surface area contributed by atoms with Gasteiger partial charge in [-0.3, -0.25) is 4.98 Å². The predicted octanol–water partition coefficient (Wildman–Crippen LogP) is 0.972. The summed E-state index contributed by atoms with van der Waals surface area (Å²) in [7, 11) is 0. The summed E-state index contributed by atoms with van der Waals surface area (Å²) in [6.45, 7) is 4.56. The third-order valence-corrected chi connectivity index (χ3v) is 2.85. The lowest BCUT2D eigenvalue weighted by Gasteiger charge is -2.10. The molecule has 0 aromatic carbocycles. The zero-order valence-corrected chi connectivity index (χ0v) is 11.7. The molecule has 0 aliphatic heterocycles. The van der Waals surface area contributed by atoms with Crippen molar-refractivity contribution in [1.82, 2.24) is 20.0 Å². The lowest BCUT2D eigenvalue weighted by molar-refractivity contribution is 0.0690. The molecule has 2 aromatic heterocycles. The number of carboxylic acid groups (broad SMARTS) is 1. The molecule has 8 heteroatoms. The Morgan fingerprint density at radius 3 is 2.90 bits per heavy atom. The SMILES string of the molecule is Cc1cc(NCCn2cc(C(=O)O)nn2)c(C#N)c(C)n1. The molecule has 108 valence electrons. The number of anilines is 1. The number of nitriles is 1. The van der Waals surface area contributed by atoms with Gasteiger partial charge in [-0.1, -0.05) is 5.21 Å². The second-order valence-corrected chi connectivity index (χ2v) is 4.48. The first-order valence-electron chi connectivity index (χ1n) is 6.27. The van der Waals surface area contributed by atoms with Gasteiger partial charge in [-0.15, -0.1) is 5.10 Å². The second kappa shape index (κ2) is 6.00. The molecule has 0 amide bonds. The summed E-state index contributed by atoms with van der Waals surface area (Å²) in [4.78, 5) is 14.9. The van der Waals surface area contributed by atoms with Gasteiger partial charge in [-0.25, -0.2) is 9.48 Å². The van der Waals surface area contributed by atoms with Crippen LogP contribution in [0.4, 0.5) is 5.69 Å². The van der Waals surface area contributed by atoms with Crippen molar-refractivity contribution in [3.05, 3.63) is 34.9 Å². The molecule has 2 N–H and O–H groups in total. The largest absolute Gasteiger partial charge is 0.476 e. The van der Waals surface area contributed by atoms with Gasteiger partial charge in [0, 0.05) is 12.2 Å². The highest BCUT2D eigenvalue weighted by Crippen LogP contribution is 2.18. The molecule has 0 spiro atoms. The number of aryl methyl sites for hydroxylation is 2. The van der Waals surface area contributed by atoms with Gasteiger partial charge in [0.15, 0.2) is 5.69 Å². The fraction of sp³-hybridized carbons (Fsp3) is 0.308.